The van der Waals surface area contributed by atoms with Crippen LogP contribution in [0.1, 0.15) is 24.5 Å². The van der Waals surface area contributed by atoms with E-state index in [1.165, 1.54) is 0 Å². The molecule has 1 saturated heterocycles. The normalized spacial score (nSPS) is 18.9. The van der Waals surface area contributed by atoms with Crippen molar-refractivity contribution in [3.63, 3.8) is 0 Å². The number of hydrogen-bond donors (Lipinski definition) is 1. The first-order valence-electron chi connectivity index (χ1n) is 7.37. The molecular weight excluding hydrogens is 266 g/mol. The summed E-state index contributed by atoms with van der Waals surface area (Å²) in [6.07, 6.45) is 1.36. The molecule has 1 aliphatic rings. The topological polar surface area (TPSA) is 41.9 Å². The van der Waals surface area contributed by atoms with E-state index in [1.54, 1.807) is 7.11 Å². The first-order valence-corrected chi connectivity index (χ1v) is 7.37. The van der Waals surface area contributed by atoms with Crippen LogP contribution in [-0.4, -0.2) is 49.5 Å². The maximum absolute atomic E-state index is 8.79. The molecule has 0 saturated carbocycles. The summed E-state index contributed by atoms with van der Waals surface area (Å²) in [6.45, 7) is 5.53. The van der Waals surface area contributed by atoms with Gasteiger partial charge in [0.05, 0.1) is 19.8 Å². The molecule has 1 aromatic carbocycles. The quantitative estimate of drug-likeness (QED) is 0.856. The first-order chi connectivity index (χ1) is 10.3. The van der Waals surface area contributed by atoms with Crippen molar-refractivity contribution in [1.29, 1.82) is 0 Å². The van der Waals surface area contributed by atoms with Crippen molar-refractivity contribution in [3.8, 4) is 17.6 Å². The van der Waals surface area contributed by atoms with Gasteiger partial charge in [0.25, 0.3) is 0 Å². The van der Waals surface area contributed by atoms with Crippen molar-refractivity contribution < 1.29 is 14.6 Å². The fourth-order valence-electron chi connectivity index (χ4n) is 2.53. The van der Waals surface area contributed by atoms with Gasteiger partial charge in [0, 0.05) is 30.8 Å². The van der Waals surface area contributed by atoms with E-state index >= 15 is 0 Å². The Morgan fingerprint density at radius 2 is 2.33 bits per heavy atom. The van der Waals surface area contributed by atoms with Gasteiger partial charge in [-0.25, -0.2) is 0 Å². The third-order valence-corrected chi connectivity index (χ3v) is 3.66. The zero-order valence-electron chi connectivity index (χ0n) is 12.8. The fourth-order valence-corrected chi connectivity index (χ4v) is 2.53. The Balaban J connectivity index is 2.13. The number of methoxy groups -OCH3 is 1. The van der Waals surface area contributed by atoms with E-state index in [1.807, 2.05) is 18.2 Å². The predicted molar refractivity (Wildman–Crippen MR) is 82.3 cm³/mol. The number of rotatable bonds is 4. The maximum Gasteiger partial charge on any atom is 0.123 e. The highest BCUT2D eigenvalue weighted by Crippen LogP contribution is 2.22. The van der Waals surface area contributed by atoms with Crippen molar-refractivity contribution in [2.45, 2.75) is 26.0 Å². The minimum Gasteiger partial charge on any atom is -0.496 e. The van der Waals surface area contributed by atoms with Gasteiger partial charge in [0.15, 0.2) is 0 Å². The molecule has 0 radical (unpaired) electrons. The summed E-state index contributed by atoms with van der Waals surface area (Å²) in [5.41, 5.74) is 2.03. The molecule has 4 heteroatoms. The Bertz CT molecular complexity index is 519. The molecule has 1 aromatic rings. The molecule has 114 valence electrons. The molecule has 21 heavy (non-hydrogen) atoms. The molecule has 1 fully saturated rings. The van der Waals surface area contributed by atoms with Crippen LogP contribution in [0.3, 0.4) is 0 Å². The molecule has 0 amide bonds. The molecule has 1 unspecified atom stereocenters. The minimum absolute atomic E-state index is 0.122. The molecule has 2 rings (SSSR count). The minimum atomic E-state index is -0.122. The van der Waals surface area contributed by atoms with E-state index in [4.69, 9.17) is 14.6 Å². The highest BCUT2D eigenvalue weighted by Gasteiger charge is 2.20. The van der Waals surface area contributed by atoms with Crippen LogP contribution < -0.4 is 4.74 Å². The summed E-state index contributed by atoms with van der Waals surface area (Å²) in [7, 11) is 1.69. The molecule has 0 aromatic heterocycles. The second-order valence-electron chi connectivity index (χ2n) is 5.12. The van der Waals surface area contributed by atoms with E-state index in [9.17, 15) is 0 Å². The number of hydrogen-bond acceptors (Lipinski definition) is 4. The third kappa shape index (κ3) is 4.47. The molecule has 1 aliphatic heterocycles. The van der Waals surface area contributed by atoms with Gasteiger partial charge in [0.2, 0.25) is 0 Å². The van der Waals surface area contributed by atoms with E-state index in [0.29, 0.717) is 6.10 Å². The average Bonchev–Trinajstić information content (AvgIpc) is 2.53. The lowest BCUT2D eigenvalue weighted by atomic mass is 10.1. The van der Waals surface area contributed by atoms with Crippen molar-refractivity contribution in [2.24, 2.45) is 0 Å². The molecule has 0 spiro atoms. The summed E-state index contributed by atoms with van der Waals surface area (Å²) < 4.78 is 11.1. The Morgan fingerprint density at radius 1 is 1.48 bits per heavy atom. The molecule has 1 atom stereocenters. The van der Waals surface area contributed by atoms with Crippen molar-refractivity contribution in [2.75, 3.05) is 33.4 Å². The van der Waals surface area contributed by atoms with E-state index in [-0.39, 0.29) is 6.61 Å². The van der Waals surface area contributed by atoms with Crippen LogP contribution in [0.15, 0.2) is 18.2 Å². The summed E-state index contributed by atoms with van der Waals surface area (Å²) in [5.74, 6) is 6.50. The predicted octanol–water partition coefficient (Wildman–Crippen LogP) is 1.65. The van der Waals surface area contributed by atoms with Crippen LogP contribution in [-0.2, 0) is 11.3 Å². The summed E-state index contributed by atoms with van der Waals surface area (Å²) >= 11 is 0. The smallest absolute Gasteiger partial charge is 0.123 e. The molecule has 1 heterocycles. The lowest BCUT2D eigenvalue weighted by molar-refractivity contribution is -0.0326. The zero-order chi connectivity index (χ0) is 15.1. The Labute approximate surface area is 126 Å². The lowest BCUT2D eigenvalue weighted by Gasteiger charge is -2.32. The number of benzene rings is 1. The van der Waals surface area contributed by atoms with E-state index < -0.39 is 0 Å². The van der Waals surface area contributed by atoms with Gasteiger partial charge in [-0.2, -0.15) is 0 Å². The standard InChI is InChI=1S/C17H23NO3/c1-3-16-13-18(8-10-21-16)12-15-11-14(5-4-9-19)6-7-17(15)20-2/h6-7,11,16,19H,3,8-10,12-13H2,1-2H3. The SMILES string of the molecule is CCC1CN(Cc2cc(C#CCO)ccc2OC)CCO1. The zero-order valence-corrected chi connectivity index (χ0v) is 12.8. The summed E-state index contributed by atoms with van der Waals surface area (Å²) in [5, 5.41) is 8.79. The highest BCUT2D eigenvalue weighted by atomic mass is 16.5. The molecule has 4 nitrogen and oxygen atoms in total. The Hall–Kier alpha value is -1.54. The Kier molecular flexibility index (Phi) is 6.06. The van der Waals surface area contributed by atoms with Gasteiger partial charge < -0.3 is 14.6 Å². The van der Waals surface area contributed by atoms with Gasteiger partial charge in [-0.05, 0) is 24.6 Å². The number of aliphatic hydroxyl groups excluding tert-OH is 1. The number of morpholine rings is 1. The largest absolute Gasteiger partial charge is 0.496 e. The fraction of sp³-hybridized carbons (Fsp3) is 0.529. The van der Waals surface area contributed by atoms with Crippen molar-refractivity contribution >= 4 is 0 Å². The van der Waals surface area contributed by atoms with Crippen LogP contribution >= 0.6 is 0 Å². The lowest BCUT2D eigenvalue weighted by Crippen LogP contribution is -2.41. The first kappa shape index (κ1) is 15.8. The molecule has 0 bridgehead atoms. The third-order valence-electron chi connectivity index (χ3n) is 3.66. The van der Waals surface area contributed by atoms with E-state index in [2.05, 4.69) is 23.7 Å². The van der Waals surface area contributed by atoms with Crippen LogP contribution in [0.2, 0.25) is 0 Å². The highest BCUT2D eigenvalue weighted by molar-refractivity contribution is 5.44. The van der Waals surface area contributed by atoms with Gasteiger partial charge in [0.1, 0.15) is 12.4 Å². The van der Waals surface area contributed by atoms with Crippen LogP contribution in [0.25, 0.3) is 0 Å². The van der Waals surface area contributed by atoms with Crippen LogP contribution in [0.5, 0.6) is 5.75 Å². The van der Waals surface area contributed by atoms with E-state index in [0.717, 1.165) is 49.5 Å². The summed E-state index contributed by atoms with van der Waals surface area (Å²) in [6, 6.07) is 5.89. The number of nitrogens with zero attached hydrogens (tertiary/aromatic N) is 1. The average molecular weight is 289 g/mol. The van der Waals surface area contributed by atoms with Crippen molar-refractivity contribution in [3.05, 3.63) is 29.3 Å². The maximum atomic E-state index is 8.79. The van der Waals surface area contributed by atoms with Gasteiger partial charge >= 0.3 is 0 Å². The summed E-state index contributed by atoms with van der Waals surface area (Å²) in [4.78, 5) is 2.39. The van der Waals surface area contributed by atoms with Gasteiger partial charge in [-0.1, -0.05) is 18.8 Å². The second-order valence-corrected chi connectivity index (χ2v) is 5.12. The monoisotopic (exact) mass is 289 g/mol. The van der Waals surface area contributed by atoms with Crippen molar-refractivity contribution in [1.82, 2.24) is 4.90 Å². The molecule has 1 N–H and O–H groups in total. The van der Waals surface area contributed by atoms with Gasteiger partial charge in [-0.3, -0.25) is 4.90 Å². The number of ether oxygens (including phenoxy) is 2. The van der Waals surface area contributed by atoms with Gasteiger partial charge in [-0.15, -0.1) is 0 Å². The molecular formula is C17H23NO3. The number of aliphatic hydroxyl groups is 1. The second kappa shape index (κ2) is 8.04. The van der Waals surface area contributed by atoms with Crippen LogP contribution in [0.4, 0.5) is 0 Å². The molecule has 0 aliphatic carbocycles. The Morgan fingerprint density at radius 3 is 3.05 bits per heavy atom. The van der Waals surface area contributed by atoms with Crippen LogP contribution in [0, 0.1) is 11.8 Å².